The second kappa shape index (κ2) is 7.75. The molecule has 27 heavy (non-hydrogen) atoms. The summed E-state index contributed by atoms with van der Waals surface area (Å²) in [6.45, 7) is 4.01. The molecule has 6 nitrogen and oxygen atoms in total. The second-order valence-corrected chi connectivity index (χ2v) is 7.08. The van der Waals surface area contributed by atoms with Crippen molar-refractivity contribution in [2.45, 2.75) is 13.8 Å². The molecule has 0 aromatic heterocycles. The van der Waals surface area contributed by atoms with Crippen molar-refractivity contribution >= 4 is 34.6 Å². The fourth-order valence-electron chi connectivity index (χ4n) is 2.67. The van der Waals surface area contributed by atoms with Crippen molar-refractivity contribution in [3.05, 3.63) is 51.9 Å². The van der Waals surface area contributed by atoms with Gasteiger partial charge < -0.3 is 19.9 Å². The van der Waals surface area contributed by atoms with Crippen molar-refractivity contribution in [2.24, 2.45) is 4.99 Å². The number of aromatic hydroxyl groups is 1. The minimum absolute atomic E-state index is 0.0808. The SMILES string of the molecule is COc1cc(/C=C2\SC(=Nc3ccc(C)cc3C)NC2=O)cc(OC)c1O. The number of hydrogen-bond acceptors (Lipinski definition) is 6. The Kier molecular flexibility index (Phi) is 5.41. The number of benzene rings is 2. The van der Waals surface area contributed by atoms with Crippen LogP contribution in [0.1, 0.15) is 16.7 Å². The van der Waals surface area contributed by atoms with Crippen molar-refractivity contribution in [1.29, 1.82) is 0 Å². The standard InChI is InChI=1S/C20H20N2O4S/c1-11-5-6-14(12(2)7-11)21-20-22-19(24)17(27-20)10-13-8-15(25-3)18(23)16(9-13)26-4/h5-10,23H,1-4H3,(H,21,22,24)/b17-10-. The van der Waals surface area contributed by atoms with Crippen LogP contribution in [0.15, 0.2) is 40.2 Å². The van der Waals surface area contributed by atoms with Gasteiger partial charge in [0.2, 0.25) is 5.75 Å². The lowest BCUT2D eigenvalue weighted by Gasteiger charge is -2.09. The number of carbonyl (C=O) groups excluding carboxylic acids is 1. The maximum absolute atomic E-state index is 12.3. The van der Waals surface area contributed by atoms with Crippen LogP contribution in [0.4, 0.5) is 5.69 Å². The molecule has 3 rings (SSSR count). The average molecular weight is 384 g/mol. The zero-order valence-electron chi connectivity index (χ0n) is 15.5. The summed E-state index contributed by atoms with van der Waals surface area (Å²) in [6.07, 6.45) is 1.70. The van der Waals surface area contributed by atoms with E-state index in [4.69, 9.17) is 9.47 Å². The number of carbonyl (C=O) groups is 1. The minimum atomic E-state index is -0.227. The molecule has 1 saturated heterocycles. The fourth-order valence-corrected chi connectivity index (χ4v) is 3.50. The molecular weight excluding hydrogens is 364 g/mol. The Bertz CT molecular complexity index is 941. The first-order valence-electron chi connectivity index (χ1n) is 8.23. The maximum Gasteiger partial charge on any atom is 0.264 e. The van der Waals surface area contributed by atoms with Gasteiger partial charge in [0.05, 0.1) is 24.8 Å². The van der Waals surface area contributed by atoms with E-state index in [9.17, 15) is 9.90 Å². The number of hydrogen-bond donors (Lipinski definition) is 2. The van der Waals surface area contributed by atoms with Gasteiger partial charge in [-0.3, -0.25) is 4.79 Å². The van der Waals surface area contributed by atoms with Crippen LogP contribution >= 0.6 is 11.8 Å². The molecule has 2 N–H and O–H groups in total. The number of phenols is 1. The number of amides is 1. The van der Waals surface area contributed by atoms with Gasteiger partial charge in [-0.25, -0.2) is 4.99 Å². The van der Waals surface area contributed by atoms with Crippen molar-refractivity contribution in [3.63, 3.8) is 0 Å². The van der Waals surface area contributed by atoms with E-state index < -0.39 is 0 Å². The topological polar surface area (TPSA) is 80.2 Å². The first-order valence-corrected chi connectivity index (χ1v) is 9.04. The molecule has 0 radical (unpaired) electrons. The maximum atomic E-state index is 12.3. The molecule has 1 aliphatic heterocycles. The van der Waals surface area contributed by atoms with Crippen LogP contribution in [0.25, 0.3) is 6.08 Å². The number of nitrogens with one attached hydrogen (secondary N) is 1. The Morgan fingerprint density at radius 3 is 2.37 bits per heavy atom. The van der Waals surface area contributed by atoms with E-state index in [0.717, 1.165) is 16.8 Å². The van der Waals surface area contributed by atoms with Crippen LogP contribution in [0.3, 0.4) is 0 Å². The van der Waals surface area contributed by atoms with E-state index in [1.165, 1.54) is 26.0 Å². The van der Waals surface area contributed by atoms with Crippen molar-refractivity contribution in [1.82, 2.24) is 5.32 Å². The van der Waals surface area contributed by atoms with Gasteiger partial charge in [0.25, 0.3) is 5.91 Å². The summed E-state index contributed by atoms with van der Waals surface area (Å²) in [6, 6.07) is 9.24. The molecule has 0 spiro atoms. The van der Waals surface area contributed by atoms with Gasteiger partial charge in [-0.2, -0.15) is 0 Å². The van der Waals surface area contributed by atoms with E-state index in [0.29, 0.717) is 15.6 Å². The number of methoxy groups -OCH3 is 2. The highest BCUT2D eigenvalue weighted by atomic mass is 32.2. The number of amidine groups is 1. The lowest BCUT2D eigenvalue weighted by atomic mass is 10.1. The summed E-state index contributed by atoms with van der Waals surface area (Å²) < 4.78 is 10.3. The van der Waals surface area contributed by atoms with Crippen LogP contribution in [0, 0.1) is 13.8 Å². The fraction of sp³-hybridized carbons (Fsp3) is 0.200. The lowest BCUT2D eigenvalue weighted by Crippen LogP contribution is -2.19. The zero-order chi connectivity index (χ0) is 19.6. The van der Waals surface area contributed by atoms with Crippen molar-refractivity contribution < 1.29 is 19.4 Å². The molecule has 2 aromatic rings. The van der Waals surface area contributed by atoms with Crippen LogP contribution in [0.2, 0.25) is 0 Å². The summed E-state index contributed by atoms with van der Waals surface area (Å²) in [4.78, 5) is 17.3. The molecule has 0 saturated carbocycles. The average Bonchev–Trinajstić information content (AvgIpc) is 2.97. The summed E-state index contributed by atoms with van der Waals surface area (Å²) >= 11 is 1.26. The van der Waals surface area contributed by atoms with Gasteiger partial charge in [-0.1, -0.05) is 17.7 Å². The summed E-state index contributed by atoms with van der Waals surface area (Å²) in [7, 11) is 2.91. The number of rotatable bonds is 4. The van der Waals surface area contributed by atoms with Crippen molar-refractivity contribution in [2.75, 3.05) is 14.2 Å². The highest BCUT2D eigenvalue weighted by molar-refractivity contribution is 8.18. The van der Waals surface area contributed by atoms with Gasteiger partial charge in [0, 0.05) is 0 Å². The molecule has 2 aromatic carbocycles. The predicted octanol–water partition coefficient (Wildman–Crippen LogP) is 3.92. The molecule has 1 amide bonds. The highest BCUT2D eigenvalue weighted by Crippen LogP contribution is 2.38. The number of aryl methyl sites for hydroxylation is 2. The second-order valence-electron chi connectivity index (χ2n) is 6.05. The van der Waals surface area contributed by atoms with Crippen LogP contribution < -0.4 is 14.8 Å². The van der Waals surface area contributed by atoms with E-state index in [1.54, 1.807) is 18.2 Å². The molecule has 7 heteroatoms. The zero-order valence-corrected chi connectivity index (χ0v) is 16.3. The summed E-state index contributed by atoms with van der Waals surface area (Å²) in [5.41, 5.74) is 3.70. The molecule has 0 bridgehead atoms. The quantitative estimate of drug-likeness (QED) is 0.781. The number of nitrogens with zero attached hydrogens (tertiary/aromatic N) is 1. The number of aliphatic imine (C=N–C) groups is 1. The lowest BCUT2D eigenvalue weighted by molar-refractivity contribution is -0.115. The Hall–Kier alpha value is -2.93. The van der Waals surface area contributed by atoms with Crippen LogP contribution in [0.5, 0.6) is 17.2 Å². The molecule has 1 heterocycles. The first-order chi connectivity index (χ1) is 12.9. The number of thioether (sulfide) groups is 1. The van der Waals surface area contributed by atoms with Crippen molar-refractivity contribution in [3.8, 4) is 17.2 Å². The molecular formula is C20H20N2O4S. The normalized spacial score (nSPS) is 16.7. The first kappa shape index (κ1) is 18.8. The van der Waals surface area contributed by atoms with E-state index in [2.05, 4.69) is 10.3 Å². The third-order valence-corrected chi connectivity index (χ3v) is 4.93. The van der Waals surface area contributed by atoms with E-state index >= 15 is 0 Å². The molecule has 0 aliphatic carbocycles. The Balaban J connectivity index is 1.90. The van der Waals surface area contributed by atoms with Gasteiger partial charge in [-0.05, 0) is 61.0 Å². The predicted molar refractivity (Wildman–Crippen MR) is 108 cm³/mol. The molecule has 140 valence electrons. The van der Waals surface area contributed by atoms with Gasteiger partial charge >= 0.3 is 0 Å². The largest absolute Gasteiger partial charge is 0.502 e. The molecule has 0 unspecified atom stereocenters. The third-order valence-electron chi connectivity index (χ3n) is 4.03. The molecule has 1 aliphatic rings. The molecule has 1 fully saturated rings. The third kappa shape index (κ3) is 4.09. The summed E-state index contributed by atoms with van der Waals surface area (Å²) in [5, 5.41) is 13.3. The van der Waals surface area contributed by atoms with Gasteiger partial charge in [-0.15, -0.1) is 0 Å². The van der Waals surface area contributed by atoms with Crippen LogP contribution in [-0.2, 0) is 4.79 Å². The van der Waals surface area contributed by atoms with E-state index in [-0.39, 0.29) is 23.2 Å². The minimum Gasteiger partial charge on any atom is -0.502 e. The smallest absolute Gasteiger partial charge is 0.264 e. The Morgan fingerprint density at radius 1 is 1.11 bits per heavy atom. The van der Waals surface area contributed by atoms with Gasteiger partial charge in [0.15, 0.2) is 16.7 Å². The van der Waals surface area contributed by atoms with Gasteiger partial charge in [0.1, 0.15) is 0 Å². The van der Waals surface area contributed by atoms with E-state index in [1.807, 2.05) is 32.0 Å². The Labute approximate surface area is 161 Å². The van der Waals surface area contributed by atoms with Crippen LogP contribution in [-0.4, -0.2) is 30.4 Å². The Morgan fingerprint density at radius 2 is 1.78 bits per heavy atom. The summed E-state index contributed by atoms with van der Waals surface area (Å²) in [5.74, 6) is 0.236. The molecule has 0 atom stereocenters. The number of phenolic OH excluding ortho intramolecular Hbond substituents is 1. The number of ether oxygens (including phenoxy) is 2. The monoisotopic (exact) mass is 384 g/mol. The highest BCUT2D eigenvalue weighted by Gasteiger charge is 2.24.